The van der Waals surface area contributed by atoms with Gasteiger partial charge in [0.05, 0.1) is 24.6 Å². The van der Waals surface area contributed by atoms with Gasteiger partial charge in [0.25, 0.3) is 0 Å². The molecule has 0 radical (unpaired) electrons. The quantitative estimate of drug-likeness (QED) is 0.831. The summed E-state index contributed by atoms with van der Waals surface area (Å²) in [6, 6.07) is 7.93. The van der Waals surface area contributed by atoms with Crippen LogP contribution in [-0.4, -0.2) is 51.4 Å². The fourth-order valence-electron chi connectivity index (χ4n) is 2.48. The molecule has 1 aliphatic heterocycles. The predicted molar refractivity (Wildman–Crippen MR) is 81.7 cm³/mol. The SMILES string of the molecule is CO[C@@H](C)CS(=O)(=O)N1CCO[C@H](c2ccccc2C)C1. The average molecular weight is 313 g/mol. The van der Waals surface area contributed by atoms with Gasteiger partial charge < -0.3 is 9.47 Å². The van der Waals surface area contributed by atoms with Gasteiger partial charge in [0.1, 0.15) is 0 Å². The Bertz CT molecular complexity index is 573. The topological polar surface area (TPSA) is 55.8 Å². The minimum atomic E-state index is -3.32. The third-order valence-electron chi connectivity index (χ3n) is 3.81. The summed E-state index contributed by atoms with van der Waals surface area (Å²) < 4.78 is 37.2. The van der Waals surface area contributed by atoms with Crippen LogP contribution in [-0.2, 0) is 19.5 Å². The smallest absolute Gasteiger partial charge is 0.216 e. The molecule has 0 bridgehead atoms. The first kappa shape index (κ1) is 16.4. The molecule has 1 heterocycles. The van der Waals surface area contributed by atoms with Crippen molar-refractivity contribution in [3.05, 3.63) is 35.4 Å². The fraction of sp³-hybridized carbons (Fsp3) is 0.600. The van der Waals surface area contributed by atoms with Gasteiger partial charge in [-0.3, -0.25) is 0 Å². The van der Waals surface area contributed by atoms with Crippen molar-refractivity contribution >= 4 is 10.0 Å². The highest BCUT2D eigenvalue weighted by atomic mass is 32.2. The van der Waals surface area contributed by atoms with E-state index in [2.05, 4.69) is 0 Å². The largest absolute Gasteiger partial charge is 0.381 e. The van der Waals surface area contributed by atoms with Gasteiger partial charge in [-0.2, -0.15) is 4.31 Å². The Morgan fingerprint density at radius 2 is 2.14 bits per heavy atom. The number of benzene rings is 1. The summed E-state index contributed by atoms with van der Waals surface area (Å²) in [5.41, 5.74) is 2.17. The van der Waals surface area contributed by atoms with Crippen LogP contribution in [0.25, 0.3) is 0 Å². The number of nitrogens with zero attached hydrogens (tertiary/aromatic N) is 1. The maximum Gasteiger partial charge on any atom is 0.216 e. The third kappa shape index (κ3) is 4.03. The molecule has 2 atom stereocenters. The highest BCUT2D eigenvalue weighted by Gasteiger charge is 2.31. The van der Waals surface area contributed by atoms with Gasteiger partial charge in [-0.15, -0.1) is 0 Å². The Balaban J connectivity index is 2.12. The molecule has 5 nitrogen and oxygen atoms in total. The summed E-state index contributed by atoms with van der Waals surface area (Å²) in [5, 5.41) is 0. The lowest BCUT2D eigenvalue weighted by Gasteiger charge is -2.33. The van der Waals surface area contributed by atoms with E-state index in [0.717, 1.165) is 11.1 Å². The maximum atomic E-state index is 12.4. The number of ether oxygens (including phenoxy) is 2. The summed E-state index contributed by atoms with van der Waals surface area (Å²) >= 11 is 0. The summed E-state index contributed by atoms with van der Waals surface area (Å²) in [6.45, 7) is 4.96. The summed E-state index contributed by atoms with van der Waals surface area (Å²) in [6.07, 6.45) is -0.512. The number of hydrogen-bond acceptors (Lipinski definition) is 4. The number of morpholine rings is 1. The first-order valence-corrected chi connectivity index (χ1v) is 8.72. The van der Waals surface area contributed by atoms with E-state index in [4.69, 9.17) is 9.47 Å². The van der Waals surface area contributed by atoms with Gasteiger partial charge in [0.2, 0.25) is 10.0 Å². The Labute approximate surface area is 126 Å². The molecule has 1 aromatic rings. The van der Waals surface area contributed by atoms with Gasteiger partial charge in [0.15, 0.2) is 0 Å². The molecule has 2 rings (SSSR count). The normalized spacial score (nSPS) is 22.1. The Morgan fingerprint density at radius 3 is 2.81 bits per heavy atom. The lowest BCUT2D eigenvalue weighted by Crippen LogP contribution is -2.44. The molecule has 1 aromatic carbocycles. The van der Waals surface area contributed by atoms with Gasteiger partial charge >= 0.3 is 0 Å². The fourth-order valence-corrected chi connectivity index (χ4v) is 4.14. The van der Waals surface area contributed by atoms with E-state index in [9.17, 15) is 8.42 Å². The molecular formula is C15H23NO4S. The van der Waals surface area contributed by atoms with Crippen molar-refractivity contribution in [2.45, 2.75) is 26.1 Å². The van der Waals surface area contributed by atoms with E-state index in [-0.39, 0.29) is 18.0 Å². The van der Waals surface area contributed by atoms with E-state index < -0.39 is 10.0 Å². The standard InChI is InChI=1S/C15H23NO4S/c1-12-6-4-5-7-14(12)15-10-16(8-9-20-15)21(17,18)11-13(2)19-3/h4-7,13,15H,8-11H2,1-3H3/t13-,15-/m0/s1. The van der Waals surface area contributed by atoms with Crippen LogP contribution in [0, 0.1) is 6.92 Å². The van der Waals surface area contributed by atoms with Crippen LogP contribution in [0.1, 0.15) is 24.2 Å². The zero-order chi connectivity index (χ0) is 15.5. The van der Waals surface area contributed by atoms with Crippen LogP contribution in [0.5, 0.6) is 0 Å². The molecule has 1 aliphatic rings. The van der Waals surface area contributed by atoms with Crippen molar-refractivity contribution in [2.24, 2.45) is 0 Å². The maximum absolute atomic E-state index is 12.4. The molecule has 0 saturated carbocycles. The van der Waals surface area contributed by atoms with Gasteiger partial charge in [-0.1, -0.05) is 24.3 Å². The minimum Gasteiger partial charge on any atom is -0.381 e. The van der Waals surface area contributed by atoms with E-state index in [1.807, 2.05) is 31.2 Å². The van der Waals surface area contributed by atoms with Gasteiger partial charge in [0, 0.05) is 20.2 Å². The molecule has 0 aliphatic carbocycles. The van der Waals surface area contributed by atoms with Crippen molar-refractivity contribution in [1.82, 2.24) is 4.31 Å². The molecule has 0 amide bonds. The zero-order valence-electron chi connectivity index (χ0n) is 12.8. The van der Waals surface area contributed by atoms with Crippen LogP contribution in [0.15, 0.2) is 24.3 Å². The number of sulfonamides is 1. The molecular weight excluding hydrogens is 290 g/mol. The van der Waals surface area contributed by atoms with Gasteiger partial charge in [-0.05, 0) is 25.0 Å². The first-order valence-electron chi connectivity index (χ1n) is 7.12. The van der Waals surface area contributed by atoms with Crippen LogP contribution in [0.2, 0.25) is 0 Å². The van der Waals surface area contributed by atoms with Crippen molar-refractivity contribution in [1.29, 1.82) is 0 Å². The monoisotopic (exact) mass is 313 g/mol. The van der Waals surface area contributed by atoms with Crippen molar-refractivity contribution < 1.29 is 17.9 Å². The average Bonchev–Trinajstić information content (AvgIpc) is 2.47. The molecule has 21 heavy (non-hydrogen) atoms. The number of hydrogen-bond donors (Lipinski definition) is 0. The second kappa shape index (κ2) is 6.87. The van der Waals surface area contributed by atoms with Gasteiger partial charge in [-0.25, -0.2) is 8.42 Å². The van der Waals surface area contributed by atoms with Crippen molar-refractivity contribution in [3.8, 4) is 0 Å². The number of rotatable bonds is 5. The third-order valence-corrected chi connectivity index (χ3v) is 5.81. The highest BCUT2D eigenvalue weighted by Crippen LogP contribution is 2.26. The second-order valence-corrected chi connectivity index (χ2v) is 7.41. The van der Waals surface area contributed by atoms with Crippen LogP contribution < -0.4 is 0 Å². The minimum absolute atomic E-state index is 0.00396. The van der Waals surface area contributed by atoms with E-state index >= 15 is 0 Å². The molecule has 0 spiro atoms. The van der Waals surface area contributed by atoms with Crippen LogP contribution in [0.3, 0.4) is 0 Å². The molecule has 0 aromatic heterocycles. The van der Waals surface area contributed by atoms with E-state index in [0.29, 0.717) is 19.7 Å². The lowest BCUT2D eigenvalue weighted by atomic mass is 10.0. The van der Waals surface area contributed by atoms with E-state index in [1.165, 1.54) is 11.4 Å². The zero-order valence-corrected chi connectivity index (χ0v) is 13.6. The molecule has 0 N–H and O–H groups in total. The Kier molecular flexibility index (Phi) is 5.37. The predicted octanol–water partition coefficient (Wildman–Crippen LogP) is 1.73. The molecule has 1 fully saturated rings. The Morgan fingerprint density at radius 1 is 1.43 bits per heavy atom. The summed E-state index contributed by atoms with van der Waals surface area (Å²) in [5.74, 6) is 0.00396. The van der Waals surface area contributed by atoms with Crippen molar-refractivity contribution in [2.75, 3.05) is 32.6 Å². The van der Waals surface area contributed by atoms with Crippen LogP contribution in [0.4, 0.5) is 0 Å². The van der Waals surface area contributed by atoms with E-state index in [1.54, 1.807) is 6.92 Å². The number of methoxy groups -OCH3 is 1. The lowest BCUT2D eigenvalue weighted by molar-refractivity contribution is -0.00327. The summed E-state index contributed by atoms with van der Waals surface area (Å²) in [7, 11) is -1.80. The molecule has 118 valence electrons. The second-order valence-electron chi connectivity index (χ2n) is 5.40. The Hall–Kier alpha value is -0.950. The van der Waals surface area contributed by atoms with Crippen molar-refractivity contribution in [3.63, 3.8) is 0 Å². The molecule has 1 saturated heterocycles. The first-order chi connectivity index (χ1) is 9.94. The molecule has 0 unspecified atom stereocenters. The molecule has 6 heteroatoms. The van der Waals surface area contributed by atoms with Crippen LogP contribution >= 0.6 is 0 Å². The summed E-state index contributed by atoms with van der Waals surface area (Å²) in [4.78, 5) is 0. The number of aryl methyl sites for hydroxylation is 1. The highest BCUT2D eigenvalue weighted by molar-refractivity contribution is 7.89.